The maximum absolute atomic E-state index is 15.4. The smallest absolute Gasteiger partial charge is 0.177 e. The molecule has 1 aromatic carbocycles. The first kappa shape index (κ1) is 18.8. The van der Waals surface area contributed by atoms with Gasteiger partial charge >= 0.3 is 0 Å². The first-order valence-corrected chi connectivity index (χ1v) is 9.60. The molecule has 0 aliphatic rings. The van der Waals surface area contributed by atoms with Gasteiger partial charge in [-0.15, -0.1) is 10.2 Å². The van der Waals surface area contributed by atoms with E-state index in [4.69, 9.17) is 5.26 Å². The summed E-state index contributed by atoms with van der Waals surface area (Å²) in [5.41, 5.74) is 2.54. The Morgan fingerprint density at radius 1 is 1.03 bits per heavy atom. The highest BCUT2D eigenvalue weighted by Gasteiger charge is 2.33. The maximum Gasteiger partial charge on any atom is 0.177 e. The van der Waals surface area contributed by atoms with Gasteiger partial charge in [0.05, 0.1) is 22.0 Å². The van der Waals surface area contributed by atoms with Crippen molar-refractivity contribution in [3.05, 3.63) is 71.7 Å². The molecule has 0 saturated carbocycles. The molecule has 152 valence electrons. The highest BCUT2D eigenvalue weighted by atomic mass is 19.1. The molecule has 0 fully saturated rings. The molecule has 0 unspecified atom stereocenters. The SMILES string of the molecule is Cn1cc2c(F)c(C(C)(C)c3nnc4ccc(-c5ccc(C#N)nc5)nn34)ccc2n1. The first-order chi connectivity index (χ1) is 14.9. The predicted octanol–water partition coefficient (Wildman–Crippen LogP) is 3.41. The molecule has 0 aliphatic heterocycles. The summed E-state index contributed by atoms with van der Waals surface area (Å²) in [4.78, 5) is 4.10. The van der Waals surface area contributed by atoms with E-state index in [9.17, 15) is 0 Å². The lowest BCUT2D eigenvalue weighted by atomic mass is 9.83. The van der Waals surface area contributed by atoms with Crippen molar-refractivity contribution >= 4 is 16.6 Å². The molecule has 9 heteroatoms. The fourth-order valence-electron chi connectivity index (χ4n) is 3.73. The summed E-state index contributed by atoms with van der Waals surface area (Å²) in [6.45, 7) is 3.78. The lowest BCUT2D eigenvalue weighted by Gasteiger charge is -2.23. The highest BCUT2D eigenvalue weighted by Crippen LogP contribution is 2.35. The van der Waals surface area contributed by atoms with Gasteiger partial charge in [0.15, 0.2) is 11.5 Å². The molecule has 5 rings (SSSR count). The van der Waals surface area contributed by atoms with E-state index in [-0.39, 0.29) is 5.82 Å². The monoisotopic (exact) mass is 412 g/mol. The Labute approximate surface area is 176 Å². The molecular formula is C22H17FN8. The number of aromatic nitrogens is 7. The number of benzene rings is 1. The molecule has 4 heterocycles. The molecule has 4 aromatic heterocycles. The molecule has 0 atom stereocenters. The Hall–Kier alpha value is -4.19. The number of nitrogens with zero attached hydrogens (tertiary/aromatic N) is 8. The minimum absolute atomic E-state index is 0.331. The standard InChI is InChI=1S/C22H17FN8/c1-22(2,16-6-7-18-15(20(16)23)12-30(3)28-18)21-27-26-19-9-8-17(29-31(19)21)13-4-5-14(10-24)25-11-13/h4-9,11-12H,1-3H3. The van der Waals surface area contributed by atoms with E-state index < -0.39 is 5.41 Å². The van der Waals surface area contributed by atoms with Gasteiger partial charge in [0.2, 0.25) is 0 Å². The summed E-state index contributed by atoms with van der Waals surface area (Å²) < 4.78 is 18.6. The van der Waals surface area contributed by atoms with Crippen LogP contribution in [0.4, 0.5) is 4.39 Å². The third-order valence-electron chi connectivity index (χ3n) is 5.41. The minimum Gasteiger partial charge on any atom is -0.274 e. The predicted molar refractivity (Wildman–Crippen MR) is 112 cm³/mol. The van der Waals surface area contributed by atoms with E-state index in [1.165, 1.54) is 0 Å². The molecule has 31 heavy (non-hydrogen) atoms. The first-order valence-electron chi connectivity index (χ1n) is 9.60. The van der Waals surface area contributed by atoms with Crippen molar-refractivity contribution in [1.29, 1.82) is 5.26 Å². The lowest BCUT2D eigenvalue weighted by Crippen LogP contribution is -2.25. The van der Waals surface area contributed by atoms with Crippen LogP contribution < -0.4 is 0 Å². The molecule has 0 aliphatic carbocycles. The normalized spacial score (nSPS) is 11.8. The molecule has 5 aromatic rings. The fourth-order valence-corrected chi connectivity index (χ4v) is 3.73. The van der Waals surface area contributed by atoms with Crippen LogP contribution in [0.3, 0.4) is 0 Å². The minimum atomic E-state index is -0.817. The Morgan fingerprint density at radius 2 is 1.87 bits per heavy atom. The van der Waals surface area contributed by atoms with Gasteiger partial charge in [-0.1, -0.05) is 6.07 Å². The van der Waals surface area contributed by atoms with Crippen LogP contribution in [-0.4, -0.2) is 34.6 Å². The number of fused-ring (bicyclic) bond motifs is 2. The molecule has 0 radical (unpaired) electrons. The molecule has 0 bridgehead atoms. The van der Waals surface area contributed by atoms with Gasteiger partial charge in [0.1, 0.15) is 17.6 Å². The van der Waals surface area contributed by atoms with Crippen LogP contribution in [0, 0.1) is 17.1 Å². The second-order valence-electron chi connectivity index (χ2n) is 7.84. The van der Waals surface area contributed by atoms with Gasteiger partial charge in [-0.2, -0.15) is 20.0 Å². The number of rotatable bonds is 3. The quantitative estimate of drug-likeness (QED) is 0.450. The second kappa shape index (κ2) is 6.67. The number of hydrogen-bond acceptors (Lipinski definition) is 6. The van der Waals surface area contributed by atoms with Crippen molar-refractivity contribution in [3.8, 4) is 17.3 Å². The molecule has 0 spiro atoms. The number of nitriles is 1. The topological polar surface area (TPSA) is 97.6 Å². The van der Waals surface area contributed by atoms with Crippen molar-refractivity contribution in [1.82, 2.24) is 34.6 Å². The molecule has 0 saturated heterocycles. The summed E-state index contributed by atoms with van der Waals surface area (Å²) in [7, 11) is 1.76. The van der Waals surface area contributed by atoms with E-state index in [0.717, 1.165) is 5.56 Å². The van der Waals surface area contributed by atoms with E-state index >= 15 is 4.39 Å². The zero-order valence-corrected chi connectivity index (χ0v) is 17.1. The van der Waals surface area contributed by atoms with Gasteiger partial charge in [0.25, 0.3) is 0 Å². The Bertz CT molecular complexity index is 1490. The zero-order valence-electron chi connectivity index (χ0n) is 17.1. The molecule has 0 amide bonds. The lowest BCUT2D eigenvalue weighted by molar-refractivity contribution is 0.521. The van der Waals surface area contributed by atoms with Crippen LogP contribution in [0.2, 0.25) is 0 Å². The van der Waals surface area contributed by atoms with Crippen molar-refractivity contribution in [2.24, 2.45) is 7.05 Å². The fraction of sp³-hybridized carbons (Fsp3) is 0.182. The third-order valence-corrected chi connectivity index (χ3v) is 5.41. The van der Waals surface area contributed by atoms with Crippen LogP contribution in [0.15, 0.2) is 48.8 Å². The molecule has 8 nitrogen and oxygen atoms in total. The van der Waals surface area contributed by atoms with E-state index in [1.54, 1.807) is 59.0 Å². The van der Waals surface area contributed by atoms with Crippen LogP contribution in [0.5, 0.6) is 0 Å². The van der Waals surface area contributed by atoms with Gasteiger partial charge in [-0.05, 0) is 44.2 Å². The summed E-state index contributed by atoms with van der Waals surface area (Å²) in [6.07, 6.45) is 3.26. The number of halogens is 1. The van der Waals surface area contributed by atoms with Crippen LogP contribution in [-0.2, 0) is 12.5 Å². The summed E-state index contributed by atoms with van der Waals surface area (Å²) in [6, 6.07) is 12.6. The number of aryl methyl sites for hydroxylation is 1. The van der Waals surface area contributed by atoms with Crippen LogP contribution in [0.1, 0.15) is 30.9 Å². The number of hydrogen-bond donors (Lipinski definition) is 0. The largest absolute Gasteiger partial charge is 0.274 e. The number of pyridine rings is 1. The van der Waals surface area contributed by atoms with Gasteiger partial charge in [-0.25, -0.2) is 9.37 Å². The van der Waals surface area contributed by atoms with Crippen molar-refractivity contribution in [2.75, 3.05) is 0 Å². The molecular weight excluding hydrogens is 395 g/mol. The van der Waals surface area contributed by atoms with Crippen molar-refractivity contribution in [3.63, 3.8) is 0 Å². The molecule has 0 N–H and O–H groups in total. The van der Waals surface area contributed by atoms with Gasteiger partial charge in [-0.3, -0.25) is 4.68 Å². The summed E-state index contributed by atoms with van der Waals surface area (Å²) >= 11 is 0. The second-order valence-corrected chi connectivity index (χ2v) is 7.84. The van der Waals surface area contributed by atoms with Gasteiger partial charge in [0, 0.05) is 30.6 Å². The van der Waals surface area contributed by atoms with Crippen LogP contribution in [0.25, 0.3) is 27.8 Å². The van der Waals surface area contributed by atoms with Crippen molar-refractivity contribution in [2.45, 2.75) is 19.3 Å². The summed E-state index contributed by atoms with van der Waals surface area (Å²) in [5, 5.41) is 26.9. The Balaban J connectivity index is 1.65. The van der Waals surface area contributed by atoms with E-state index in [2.05, 4.69) is 25.4 Å². The van der Waals surface area contributed by atoms with E-state index in [0.29, 0.717) is 39.3 Å². The Kier molecular flexibility index (Phi) is 4.05. The van der Waals surface area contributed by atoms with E-state index in [1.807, 2.05) is 26.0 Å². The van der Waals surface area contributed by atoms with Crippen molar-refractivity contribution < 1.29 is 4.39 Å². The maximum atomic E-state index is 15.4. The Morgan fingerprint density at radius 3 is 2.61 bits per heavy atom. The third kappa shape index (κ3) is 2.92. The average molecular weight is 412 g/mol. The summed E-state index contributed by atoms with van der Waals surface area (Å²) in [5.74, 6) is 0.174. The zero-order chi connectivity index (χ0) is 21.8. The average Bonchev–Trinajstić information content (AvgIpc) is 3.37. The highest BCUT2D eigenvalue weighted by molar-refractivity contribution is 5.80. The van der Waals surface area contributed by atoms with Gasteiger partial charge < -0.3 is 0 Å². The van der Waals surface area contributed by atoms with Crippen LogP contribution >= 0.6 is 0 Å².